The number of aryl methyl sites for hydroxylation is 1. The van der Waals surface area contributed by atoms with Crippen molar-refractivity contribution in [1.29, 1.82) is 0 Å². The van der Waals surface area contributed by atoms with Crippen molar-refractivity contribution in [2.75, 3.05) is 11.1 Å². The molecule has 0 atom stereocenters. The van der Waals surface area contributed by atoms with Crippen LogP contribution in [0.2, 0.25) is 0 Å². The fourth-order valence-electron chi connectivity index (χ4n) is 2.97. The van der Waals surface area contributed by atoms with E-state index in [1.54, 1.807) is 17.4 Å². The second-order valence-corrected chi connectivity index (χ2v) is 8.68. The number of anilines is 1. The summed E-state index contributed by atoms with van der Waals surface area (Å²) in [6, 6.07) is 17.2. The number of benzene rings is 1. The van der Waals surface area contributed by atoms with Crippen LogP contribution in [0.4, 0.5) is 5.82 Å². The summed E-state index contributed by atoms with van der Waals surface area (Å²) in [7, 11) is 0. The summed E-state index contributed by atoms with van der Waals surface area (Å²) < 4.78 is 1.48. The zero-order valence-electron chi connectivity index (χ0n) is 16.9. The highest BCUT2D eigenvalue weighted by atomic mass is 32.2. The van der Waals surface area contributed by atoms with Crippen molar-refractivity contribution < 1.29 is 4.79 Å². The van der Waals surface area contributed by atoms with Crippen LogP contribution in [0.15, 0.2) is 64.8 Å². The van der Waals surface area contributed by atoms with Crippen LogP contribution < -0.4 is 10.9 Å². The number of thioether (sulfide) groups is 1. The molecule has 7 nitrogen and oxygen atoms in total. The number of aromatic nitrogens is 4. The number of amides is 1. The van der Waals surface area contributed by atoms with Gasteiger partial charge in [-0.25, -0.2) is 4.98 Å². The van der Waals surface area contributed by atoms with Gasteiger partial charge in [-0.3, -0.25) is 14.6 Å². The smallest absolute Gasteiger partial charge is 0.252 e. The minimum Gasteiger partial charge on any atom is -0.310 e. The molecule has 9 heteroatoms. The van der Waals surface area contributed by atoms with Crippen molar-refractivity contribution in [3.63, 3.8) is 0 Å². The molecule has 0 spiro atoms. The highest BCUT2D eigenvalue weighted by Gasteiger charge is 2.16. The molecule has 4 rings (SSSR count). The first-order valence-corrected chi connectivity index (χ1v) is 11.8. The summed E-state index contributed by atoms with van der Waals surface area (Å²) in [5.74, 6) is 1.65. The van der Waals surface area contributed by atoms with Crippen LogP contribution in [0.25, 0.3) is 16.5 Å². The van der Waals surface area contributed by atoms with E-state index < -0.39 is 0 Å². The fraction of sp³-hybridized carbons (Fsp3) is 0.182. The van der Waals surface area contributed by atoms with Crippen molar-refractivity contribution >= 4 is 34.8 Å². The number of hydrogen-bond acceptors (Lipinski definition) is 6. The second kappa shape index (κ2) is 9.76. The Hall–Kier alpha value is -3.17. The lowest BCUT2D eigenvalue weighted by atomic mass is 10.2. The Morgan fingerprint density at radius 2 is 2.03 bits per heavy atom. The van der Waals surface area contributed by atoms with Crippen LogP contribution in [0.1, 0.15) is 18.2 Å². The lowest BCUT2D eigenvalue weighted by Crippen LogP contribution is -2.20. The van der Waals surface area contributed by atoms with E-state index in [0.29, 0.717) is 29.4 Å². The van der Waals surface area contributed by atoms with Crippen molar-refractivity contribution in [2.45, 2.75) is 19.1 Å². The van der Waals surface area contributed by atoms with E-state index in [0.717, 1.165) is 10.6 Å². The number of nitrogens with one attached hydrogen (secondary N) is 2. The van der Waals surface area contributed by atoms with E-state index in [-0.39, 0.29) is 17.4 Å². The third kappa shape index (κ3) is 5.31. The molecule has 3 aromatic heterocycles. The van der Waals surface area contributed by atoms with Crippen molar-refractivity contribution in [2.24, 2.45) is 0 Å². The third-order valence-corrected chi connectivity index (χ3v) is 6.34. The second-order valence-electron chi connectivity index (χ2n) is 6.74. The minimum absolute atomic E-state index is 0.145. The number of hydrogen-bond donors (Lipinski definition) is 2. The van der Waals surface area contributed by atoms with Crippen LogP contribution in [-0.4, -0.2) is 31.4 Å². The van der Waals surface area contributed by atoms with E-state index in [1.807, 2.05) is 54.8 Å². The Bertz CT molecular complexity index is 1220. The number of carbonyl (C=O) groups is 1. The summed E-state index contributed by atoms with van der Waals surface area (Å²) in [4.78, 5) is 32.8. The van der Waals surface area contributed by atoms with Gasteiger partial charge in [0.15, 0.2) is 0 Å². The van der Waals surface area contributed by atoms with Crippen LogP contribution in [-0.2, 0) is 17.0 Å². The van der Waals surface area contributed by atoms with Gasteiger partial charge in [0.1, 0.15) is 11.5 Å². The van der Waals surface area contributed by atoms with Crippen LogP contribution >= 0.6 is 23.1 Å². The van der Waals surface area contributed by atoms with Crippen LogP contribution in [0.3, 0.4) is 0 Å². The lowest BCUT2D eigenvalue weighted by Gasteiger charge is -2.09. The Labute approximate surface area is 187 Å². The summed E-state index contributed by atoms with van der Waals surface area (Å²) >= 11 is 3.08. The molecular formula is C22H21N5O2S2. The molecule has 0 unspecified atom stereocenters. The average molecular weight is 452 g/mol. The highest BCUT2D eigenvalue weighted by molar-refractivity contribution is 7.99. The van der Waals surface area contributed by atoms with Crippen LogP contribution in [0, 0.1) is 0 Å². The summed E-state index contributed by atoms with van der Waals surface area (Å²) in [5.41, 5.74) is 2.27. The number of rotatable bonds is 8. The first kappa shape index (κ1) is 21.1. The zero-order valence-corrected chi connectivity index (χ0v) is 18.5. The predicted molar refractivity (Wildman–Crippen MR) is 126 cm³/mol. The first-order chi connectivity index (χ1) is 15.1. The van der Waals surface area contributed by atoms with E-state index in [1.165, 1.54) is 28.1 Å². The maximum absolute atomic E-state index is 12.6. The standard InChI is InChI=1S/C22H21N5O2S2/c1-2-16-11-20(28)25-22(23-16)27-19(12-17(26-27)18-9-6-10-31-18)24-21(29)14-30-13-15-7-4-3-5-8-15/h3-12H,2,13-14H2,1H3,(H,24,29)(H,23,25,28). The normalized spacial score (nSPS) is 10.9. The van der Waals surface area contributed by atoms with Gasteiger partial charge >= 0.3 is 0 Å². The lowest BCUT2D eigenvalue weighted by molar-refractivity contribution is -0.113. The zero-order chi connectivity index (χ0) is 21.6. The van der Waals surface area contributed by atoms with Crippen molar-refractivity contribution in [3.05, 3.63) is 81.6 Å². The summed E-state index contributed by atoms with van der Waals surface area (Å²) in [5, 5.41) is 9.47. The van der Waals surface area contributed by atoms with E-state index in [4.69, 9.17) is 0 Å². The van der Waals surface area contributed by atoms with Crippen molar-refractivity contribution in [3.8, 4) is 16.5 Å². The molecule has 2 N–H and O–H groups in total. The molecule has 0 saturated carbocycles. The molecular weight excluding hydrogens is 430 g/mol. The number of carbonyl (C=O) groups excluding carboxylic acids is 1. The maximum atomic E-state index is 12.6. The molecule has 0 bridgehead atoms. The largest absolute Gasteiger partial charge is 0.310 e. The molecule has 158 valence electrons. The monoisotopic (exact) mass is 451 g/mol. The van der Waals surface area contributed by atoms with E-state index >= 15 is 0 Å². The fourth-order valence-corrected chi connectivity index (χ4v) is 4.44. The third-order valence-electron chi connectivity index (χ3n) is 4.44. The quantitative estimate of drug-likeness (QED) is 0.420. The van der Waals surface area contributed by atoms with Gasteiger partial charge in [-0.05, 0) is 23.4 Å². The molecule has 0 radical (unpaired) electrons. The van der Waals surface area contributed by atoms with Crippen LogP contribution in [0.5, 0.6) is 0 Å². The number of thiophene rings is 1. The molecule has 0 fully saturated rings. The molecule has 0 aliphatic carbocycles. The van der Waals surface area contributed by atoms with Gasteiger partial charge in [0.25, 0.3) is 5.56 Å². The topological polar surface area (TPSA) is 92.7 Å². The molecule has 1 amide bonds. The molecule has 0 aliphatic heterocycles. The highest BCUT2D eigenvalue weighted by Crippen LogP contribution is 2.27. The Balaban J connectivity index is 1.56. The molecule has 3 heterocycles. The molecule has 4 aromatic rings. The molecule has 31 heavy (non-hydrogen) atoms. The Morgan fingerprint density at radius 1 is 1.19 bits per heavy atom. The predicted octanol–water partition coefficient (Wildman–Crippen LogP) is 4.12. The molecule has 0 aliphatic rings. The van der Waals surface area contributed by atoms with Crippen molar-refractivity contribution in [1.82, 2.24) is 19.7 Å². The van der Waals surface area contributed by atoms with Gasteiger partial charge in [-0.15, -0.1) is 23.1 Å². The Kier molecular flexibility index (Phi) is 6.63. The van der Waals surface area contributed by atoms with Gasteiger partial charge in [0, 0.05) is 23.6 Å². The molecule has 1 aromatic carbocycles. The molecule has 0 saturated heterocycles. The number of H-pyrrole nitrogens is 1. The first-order valence-electron chi connectivity index (χ1n) is 9.78. The van der Waals surface area contributed by atoms with Gasteiger partial charge in [-0.2, -0.15) is 9.78 Å². The van der Waals surface area contributed by atoms with Gasteiger partial charge in [0.2, 0.25) is 11.9 Å². The minimum atomic E-state index is -0.259. The Morgan fingerprint density at radius 3 is 2.77 bits per heavy atom. The average Bonchev–Trinajstić information content (AvgIpc) is 3.44. The SMILES string of the molecule is CCc1cc(=O)[nH]c(-n2nc(-c3cccs3)cc2NC(=O)CSCc2ccccc2)n1. The van der Waals surface area contributed by atoms with E-state index in [2.05, 4.69) is 20.4 Å². The van der Waals surface area contributed by atoms with Gasteiger partial charge in [-0.1, -0.05) is 43.3 Å². The van der Waals surface area contributed by atoms with E-state index in [9.17, 15) is 9.59 Å². The maximum Gasteiger partial charge on any atom is 0.252 e. The number of aromatic amines is 1. The summed E-state index contributed by atoms with van der Waals surface area (Å²) in [6.45, 7) is 1.93. The van der Waals surface area contributed by atoms with Gasteiger partial charge in [0.05, 0.1) is 10.6 Å². The number of nitrogens with zero attached hydrogens (tertiary/aromatic N) is 3. The summed E-state index contributed by atoms with van der Waals surface area (Å²) in [6.07, 6.45) is 0.619. The van der Waals surface area contributed by atoms with Gasteiger partial charge < -0.3 is 5.32 Å².